The molecule has 0 saturated heterocycles. The molecule has 7 nitrogen and oxygen atoms in total. The highest BCUT2D eigenvalue weighted by Crippen LogP contribution is 2.30. The highest BCUT2D eigenvalue weighted by atomic mass is 16.2. The Bertz CT molecular complexity index is 794. The first-order valence-electron chi connectivity index (χ1n) is 7.77. The predicted octanol–water partition coefficient (Wildman–Crippen LogP) is 1.60. The number of hydrogen-bond acceptors (Lipinski definition) is 4. The van der Waals surface area contributed by atoms with Gasteiger partial charge in [0.25, 0.3) is 5.91 Å². The molecule has 2 aliphatic rings. The third-order valence-corrected chi connectivity index (χ3v) is 4.20. The number of aromatic nitrogens is 3. The molecule has 1 atom stereocenters. The van der Waals surface area contributed by atoms with Crippen LogP contribution in [0, 0.1) is 5.92 Å². The van der Waals surface area contributed by atoms with Gasteiger partial charge in [0.05, 0.1) is 11.7 Å². The molecule has 0 unspecified atom stereocenters. The van der Waals surface area contributed by atoms with Crippen LogP contribution in [0.3, 0.4) is 0 Å². The molecule has 23 heavy (non-hydrogen) atoms. The summed E-state index contributed by atoms with van der Waals surface area (Å²) in [7, 11) is 0. The smallest absolute Gasteiger partial charge is 0.269 e. The average Bonchev–Trinajstić information content (AvgIpc) is 3.30. The molecule has 1 saturated carbocycles. The molecule has 0 radical (unpaired) electrons. The lowest BCUT2D eigenvalue weighted by atomic mass is 10.1. The van der Waals surface area contributed by atoms with Crippen LogP contribution in [0.5, 0.6) is 0 Å². The van der Waals surface area contributed by atoms with Crippen molar-refractivity contribution in [1.82, 2.24) is 20.1 Å². The number of pyridine rings is 1. The topological polar surface area (TPSA) is 88.9 Å². The summed E-state index contributed by atoms with van der Waals surface area (Å²) in [6, 6.07) is 5.50. The van der Waals surface area contributed by atoms with Crippen molar-refractivity contribution in [1.29, 1.82) is 0 Å². The fourth-order valence-electron chi connectivity index (χ4n) is 2.69. The van der Waals surface area contributed by atoms with E-state index >= 15 is 0 Å². The summed E-state index contributed by atoms with van der Waals surface area (Å²) in [6.07, 6.45) is 3.54. The van der Waals surface area contributed by atoms with Crippen molar-refractivity contribution in [3.05, 3.63) is 30.1 Å². The van der Waals surface area contributed by atoms with E-state index in [2.05, 4.69) is 20.7 Å². The van der Waals surface area contributed by atoms with Crippen LogP contribution in [0.15, 0.2) is 24.4 Å². The van der Waals surface area contributed by atoms with Crippen molar-refractivity contribution < 1.29 is 9.59 Å². The van der Waals surface area contributed by atoms with E-state index < -0.39 is 0 Å². The first-order valence-corrected chi connectivity index (χ1v) is 7.77. The molecule has 1 fully saturated rings. The van der Waals surface area contributed by atoms with E-state index in [0.717, 1.165) is 18.4 Å². The first kappa shape index (κ1) is 13.9. The standard InChI is InChI=1S/C16H17N5O2/c1-9-8-18-16(23)13-7-12(20-21(9)13)11-4-5-17-14(6-11)19-15(22)10-2-3-10/h4-7,9-10H,2-3,8H2,1H3,(H,18,23)(H,17,19,22)/t9-/m1/s1. The summed E-state index contributed by atoms with van der Waals surface area (Å²) in [4.78, 5) is 28.0. The van der Waals surface area contributed by atoms with Gasteiger partial charge in [0, 0.05) is 24.2 Å². The van der Waals surface area contributed by atoms with Crippen molar-refractivity contribution >= 4 is 17.6 Å². The molecular formula is C16H17N5O2. The zero-order valence-corrected chi connectivity index (χ0v) is 12.7. The first-order chi connectivity index (χ1) is 11.1. The number of fused-ring (bicyclic) bond motifs is 1. The lowest BCUT2D eigenvalue weighted by Gasteiger charge is -2.20. The molecule has 118 valence electrons. The molecule has 1 aliphatic heterocycles. The number of amides is 2. The number of carbonyl (C=O) groups is 2. The largest absolute Gasteiger partial charge is 0.349 e. The van der Waals surface area contributed by atoms with Crippen LogP contribution in [-0.2, 0) is 4.79 Å². The molecule has 0 bridgehead atoms. The van der Waals surface area contributed by atoms with Crippen LogP contribution >= 0.6 is 0 Å². The van der Waals surface area contributed by atoms with Gasteiger partial charge in [-0.15, -0.1) is 0 Å². The Balaban J connectivity index is 1.64. The van der Waals surface area contributed by atoms with Gasteiger partial charge in [-0.1, -0.05) is 0 Å². The van der Waals surface area contributed by atoms with Crippen LogP contribution in [0.25, 0.3) is 11.3 Å². The number of carbonyl (C=O) groups excluding carboxylic acids is 2. The van der Waals surface area contributed by atoms with E-state index in [-0.39, 0.29) is 23.8 Å². The molecule has 2 amide bonds. The van der Waals surface area contributed by atoms with Gasteiger partial charge < -0.3 is 10.6 Å². The van der Waals surface area contributed by atoms with Crippen LogP contribution in [-0.4, -0.2) is 33.1 Å². The Kier molecular flexibility index (Phi) is 3.14. The number of hydrogen-bond donors (Lipinski definition) is 2. The monoisotopic (exact) mass is 311 g/mol. The van der Waals surface area contributed by atoms with Crippen molar-refractivity contribution in [2.24, 2.45) is 5.92 Å². The Hall–Kier alpha value is -2.70. The van der Waals surface area contributed by atoms with Crippen molar-refractivity contribution in [3.8, 4) is 11.3 Å². The fourth-order valence-corrected chi connectivity index (χ4v) is 2.69. The van der Waals surface area contributed by atoms with E-state index in [1.807, 2.05) is 13.0 Å². The Morgan fingerprint density at radius 1 is 1.39 bits per heavy atom. The summed E-state index contributed by atoms with van der Waals surface area (Å²) in [6.45, 7) is 2.58. The minimum absolute atomic E-state index is 0.0202. The van der Waals surface area contributed by atoms with Gasteiger partial charge in [0.1, 0.15) is 11.5 Å². The van der Waals surface area contributed by atoms with Crippen molar-refractivity contribution in [3.63, 3.8) is 0 Å². The molecule has 2 aromatic rings. The van der Waals surface area contributed by atoms with Crippen LogP contribution in [0.1, 0.15) is 36.3 Å². The maximum absolute atomic E-state index is 11.9. The van der Waals surface area contributed by atoms with E-state index in [1.165, 1.54) is 0 Å². The minimum Gasteiger partial charge on any atom is -0.349 e. The summed E-state index contributed by atoms with van der Waals surface area (Å²) < 4.78 is 1.75. The summed E-state index contributed by atoms with van der Waals surface area (Å²) in [5.74, 6) is 0.553. The van der Waals surface area contributed by atoms with Gasteiger partial charge in [-0.2, -0.15) is 5.10 Å². The Morgan fingerprint density at radius 3 is 2.96 bits per heavy atom. The SMILES string of the molecule is C[C@@H]1CNC(=O)c2cc(-c3ccnc(NC(=O)C4CC4)c3)nn21. The maximum Gasteiger partial charge on any atom is 0.269 e. The van der Waals surface area contributed by atoms with Gasteiger partial charge in [0.2, 0.25) is 5.91 Å². The second-order valence-corrected chi connectivity index (χ2v) is 6.11. The van der Waals surface area contributed by atoms with E-state index in [0.29, 0.717) is 23.8 Å². The van der Waals surface area contributed by atoms with Gasteiger partial charge in [0.15, 0.2) is 0 Å². The molecule has 1 aliphatic carbocycles. The predicted molar refractivity (Wildman–Crippen MR) is 83.9 cm³/mol. The van der Waals surface area contributed by atoms with E-state index in [9.17, 15) is 9.59 Å². The molecule has 7 heteroatoms. The quantitative estimate of drug-likeness (QED) is 0.901. The highest BCUT2D eigenvalue weighted by molar-refractivity contribution is 5.95. The molecule has 4 rings (SSSR count). The van der Waals surface area contributed by atoms with Gasteiger partial charge in [-0.25, -0.2) is 4.98 Å². The lowest BCUT2D eigenvalue weighted by Crippen LogP contribution is -2.38. The molecule has 0 aromatic carbocycles. The zero-order chi connectivity index (χ0) is 16.0. The zero-order valence-electron chi connectivity index (χ0n) is 12.7. The number of anilines is 1. The maximum atomic E-state index is 11.9. The molecular weight excluding hydrogens is 294 g/mol. The summed E-state index contributed by atoms with van der Waals surface area (Å²) in [5.41, 5.74) is 2.08. The highest BCUT2D eigenvalue weighted by Gasteiger charge is 2.30. The molecule has 0 spiro atoms. The third kappa shape index (κ3) is 2.58. The van der Waals surface area contributed by atoms with Gasteiger partial charge in [-0.3, -0.25) is 14.3 Å². The average molecular weight is 311 g/mol. The van der Waals surface area contributed by atoms with Crippen molar-refractivity contribution in [2.45, 2.75) is 25.8 Å². The van der Waals surface area contributed by atoms with Crippen LogP contribution < -0.4 is 10.6 Å². The Morgan fingerprint density at radius 2 is 2.22 bits per heavy atom. The number of rotatable bonds is 3. The number of nitrogens with one attached hydrogen (secondary N) is 2. The molecule has 2 N–H and O–H groups in total. The molecule has 2 aromatic heterocycles. The second kappa shape index (κ2) is 5.19. The third-order valence-electron chi connectivity index (χ3n) is 4.20. The fraction of sp³-hybridized carbons (Fsp3) is 0.375. The lowest BCUT2D eigenvalue weighted by molar-refractivity contribution is -0.117. The minimum atomic E-state index is -0.113. The summed E-state index contributed by atoms with van der Waals surface area (Å²) in [5, 5.41) is 10.2. The van der Waals surface area contributed by atoms with Gasteiger partial charge in [-0.05, 0) is 38.0 Å². The second-order valence-electron chi connectivity index (χ2n) is 6.11. The number of nitrogens with zero attached hydrogens (tertiary/aromatic N) is 3. The van der Waals surface area contributed by atoms with E-state index in [1.54, 1.807) is 23.0 Å². The molecule has 3 heterocycles. The van der Waals surface area contributed by atoms with Crippen LogP contribution in [0.2, 0.25) is 0 Å². The van der Waals surface area contributed by atoms with E-state index in [4.69, 9.17) is 0 Å². The summed E-state index contributed by atoms with van der Waals surface area (Å²) >= 11 is 0. The van der Waals surface area contributed by atoms with Gasteiger partial charge >= 0.3 is 0 Å². The van der Waals surface area contributed by atoms with Crippen molar-refractivity contribution in [2.75, 3.05) is 11.9 Å². The van der Waals surface area contributed by atoms with Crippen LogP contribution in [0.4, 0.5) is 5.82 Å². The normalized spacial score (nSPS) is 19.9. The Labute approximate surface area is 133 Å².